The van der Waals surface area contributed by atoms with Gasteiger partial charge in [-0.2, -0.15) is 0 Å². The summed E-state index contributed by atoms with van der Waals surface area (Å²) in [5.74, 6) is 0.171. The Bertz CT molecular complexity index is 571. The molecule has 2 amide bonds. The van der Waals surface area contributed by atoms with Crippen LogP contribution < -0.4 is 10.2 Å². The van der Waals surface area contributed by atoms with E-state index in [1.165, 1.54) is 12.8 Å². The molecule has 2 aliphatic rings. The van der Waals surface area contributed by atoms with Gasteiger partial charge in [0.15, 0.2) is 0 Å². The number of nitrogens with zero attached hydrogens (tertiary/aromatic N) is 1. The van der Waals surface area contributed by atoms with Crippen LogP contribution in [0.25, 0.3) is 6.08 Å². The molecule has 4 heteroatoms. The molecule has 1 aliphatic carbocycles. The van der Waals surface area contributed by atoms with Crippen molar-refractivity contribution in [1.29, 1.82) is 0 Å². The largest absolute Gasteiger partial charge is 0.350 e. The molecule has 116 valence electrons. The normalized spacial score (nSPS) is 19.3. The molecule has 0 unspecified atom stereocenters. The first kappa shape index (κ1) is 14.8. The van der Waals surface area contributed by atoms with Crippen LogP contribution in [0.5, 0.6) is 0 Å². The van der Waals surface area contributed by atoms with Gasteiger partial charge in [0.25, 0.3) is 0 Å². The van der Waals surface area contributed by atoms with Crippen LogP contribution in [0, 0.1) is 0 Å². The lowest BCUT2D eigenvalue weighted by Gasteiger charge is -2.15. The second-order valence-electron chi connectivity index (χ2n) is 6.06. The third-order valence-corrected chi connectivity index (χ3v) is 4.41. The average molecular weight is 298 g/mol. The summed E-state index contributed by atoms with van der Waals surface area (Å²) in [6, 6.07) is 8.12. The van der Waals surface area contributed by atoms with E-state index in [0.717, 1.165) is 37.1 Å². The maximum atomic E-state index is 11.8. The van der Waals surface area contributed by atoms with Crippen molar-refractivity contribution in [2.24, 2.45) is 0 Å². The zero-order valence-corrected chi connectivity index (χ0v) is 12.8. The van der Waals surface area contributed by atoms with E-state index in [2.05, 4.69) is 5.32 Å². The predicted molar refractivity (Wildman–Crippen MR) is 87.5 cm³/mol. The Hall–Kier alpha value is -2.10. The van der Waals surface area contributed by atoms with Crippen LogP contribution >= 0.6 is 0 Å². The first-order chi connectivity index (χ1) is 10.7. The number of hydrogen-bond donors (Lipinski definition) is 1. The van der Waals surface area contributed by atoms with E-state index in [1.54, 1.807) is 6.08 Å². The van der Waals surface area contributed by atoms with Gasteiger partial charge in [-0.15, -0.1) is 0 Å². The Morgan fingerprint density at radius 2 is 1.86 bits per heavy atom. The molecular formula is C18H22N2O2. The minimum atomic E-state index is -0.0225. The first-order valence-corrected chi connectivity index (χ1v) is 8.11. The van der Waals surface area contributed by atoms with Gasteiger partial charge >= 0.3 is 0 Å². The molecule has 1 aromatic rings. The Morgan fingerprint density at radius 1 is 1.14 bits per heavy atom. The molecule has 1 heterocycles. The molecule has 3 rings (SSSR count). The molecule has 0 atom stereocenters. The van der Waals surface area contributed by atoms with Crippen molar-refractivity contribution < 1.29 is 9.59 Å². The zero-order chi connectivity index (χ0) is 15.4. The van der Waals surface area contributed by atoms with Crippen LogP contribution in [0.15, 0.2) is 30.3 Å². The highest BCUT2D eigenvalue weighted by atomic mass is 16.2. The number of anilines is 1. The third kappa shape index (κ3) is 3.56. The van der Waals surface area contributed by atoms with Crippen LogP contribution in [0.4, 0.5) is 5.69 Å². The van der Waals surface area contributed by atoms with E-state index >= 15 is 0 Å². The number of benzene rings is 1. The lowest BCUT2D eigenvalue weighted by molar-refractivity contribution is -0.117. The fraction of sp³-hybridized carbons (Fsp3) is 0.444. The van der Waals surface area contributed by atoms with Crippen molar-refractivity contribution in [3.63, 3.8) is 0 Å². The van der Waals surface area contributed by atoms with Crippen molar-refractivity contribution in [3.05, 3.63) is 35.9 Å². The molecule has 0 bridgehead atoms. The smallest absolute Gasteiger partial charge is 0.244 e. The van der Waals surface area contributed by atoms with Crippen LogP contribution in [0.3, 0.4) is 0 Å². The van der Waals surface area contributed by atoms with Crippen molar-refractivity contribution in [3.8, 4) is 0 Å². The van der Waals surface area contributed by atoms with Crippen LogP contribution in [-0.4, -0.2) is 24.4 Å². The Kier molecular flexibility index (Phi) is 4.56. The van der Waals surface area contributed by atoms with Crippen molar-refractivity contribution in [1.82, 2.24) is 5.32 Å². The number of hydrogen-bond acceptors (Lipinski definition) is 2. The third-order valence-electron chi connectivity index (χ3n) is 4.41. The lowest BCUT2D eigenvalue weighted by atomic mass is 10.1. The molecule has 0 aromatic heterocycles. The maximum absolute atomic E-state index is 11.8. The average Bonchev–Trinajstić information content (AvgIpc) is 3.17. The van der Waals surface area contributed by atoms with E-state index in [9.17, 15) is 9.59 Å². The number of carbonyl (C=O) groups is 2. The van der Waals surface area contributed by atoms with E-state index in [1.807, 2.05) is 35.2 Å². The zero-order valence-electron chi connectivity index (χ0n) is 12.8. The maximum Gasteiger partial charge on any atom is 0.244 e. The highest BCUT2D eigenvalue weighted by Crippen LogP contribution is 2.22. The molecule has 0 radical (unpaired) electrons. The van der Waals surface area contributed by atoms with Gasteiger partial charge in [0.1, 0.15) is 0 Å². The van der Waals surface area contributed by atoms with Crippen molar-refractivity contribution >= 4 is 23.6 Å². The summed E-state index contributed by atoms with van der Waals surface area (Å²) in [5, 5.41) is 3.03. The van der Waals surface area contributed by atoms with Gasteiger partial charge in [0, 0.05) is 30.8 Å². The molecular weight excluding hydrogens is 276 g/mol. The van der Waals surface area contributed by atoms with Gasteiger partial charge in [-0.3, -0.25) is 9.59 Å². The van der Waals surface area contributed by atoms with Gasteiger partial charge < -0.3 is 10.2 Å². The summed E-state index contributed by atoms with van der Waals surface area (Å²) in [5.41, 5.74) is 1.91. The second kappa shape index (κ2) is 6.77. The van der Waals surface area contributed by atoms with Gasteiger partial charge in [0.2, 0.25) is 11.8 Å². The Balaban J connectivity index is 1.57. The second-order valence-corrected chi connectivity index (χ2v) is 6.06. The van der Waals surface area contributed by atoms with Gasteiger partial charge in [0.05, 0.1) is 0 Å². The van der Waals surface area contributed by atoms with Crippen molar-refractivity contribution in [2.75, 3.05) is 11.4 Å². The first-order valence-electron chi connectivity index (χ1n) is 8.11. The van der Waals surface area contributed by atoms with Gasteiger partial charge in [-0.1, -0.05) is 25.0 Å². The molecule has 1 aromatic carbocycles. The molecule has 0 spiro atoms. The van der Waals surface area contributed by atoms with Gasteiger partial charge in [-0.05, 0) is 43.0 Å². The minimum absolute atomic E-state index is 0.0225. The monoisotopic (exact) mass is 298 g/mol. The summed E-state index contributed by atoms with van der Waals surface area (Å²) < 4.78 is 0. The summed E-state index contributed by atoms with van der Waals surface area (Å²) in [4.78, 5) is 25.4. The molecule has 4 nitrogen and oxygen atoms in total. The fourth-order valence-corrected chi connectivity index (χ4v) is 3.18. The molecule has 1 aliphatic heterocycles. The highest BCUT2D eigenvalue weighted by Gasteiger charge is 2.21. The SMILES string of the molecule is O=C(/C=C/c1ccc(N2CCCC2=O)cc1)NC1CCCC1. The fourth-order valence-electron chi connectivity index (χ4n) is 3.18. The van der Waals surface area contributed by atoms with Crippen LogP contribution in [0.2, 0.25) is 0 Å². The molecule has 2 fully saturated rings. The standard InChI is InChI=1S/C18H22N2O2/c21-17(19-15-4-1-2-5-15)12-9-14-7-10-16(11-8-14)20-13-3-6-18(20)22/h7-12,15H,1-6,13H2,(H,19,21)/b12-9+. The highest BCUT2D eigenvalue weighted by molar-refractivity contribution is 5.95. The molecule has 1 N–H and O–H groups in total. The molecule has 1 saturated carbocycles. The topological polar surface area (TPSA) is 49.4 Å². The summed E-state index contributed by atoms with van der Waals surface area (Å²) in [6.45, 7) is 0.803. The predicted octanol–water partition coefficient (Wildman–Crippen LogP) is 2.89. The minimum Gasteiger partial charge on any atom is -0.350 e. The quantitative estimate of drug-likeness (QED) is 0.869. The van der Waals surface area contributed by atoms with E-state index in [0.29, 0.717) is 12.5 Å². The number of rotatable bonds is 4. The molecule has 1 saturated heterocycles. The Labute approximate surface area is 131 Å². The van der Waals surface area contributed by atoms with Crippen molar-refractivity contribution in [2.45, 2.75) is 44.6 Å². The summed E-state index contributed by atoms with van der Waals surface area (Å²) >= 11 is 0. The summed E-state index contributed by atoms with van der Waals surface area (Å²) in [6.07, 6.45) is 9.60. The summed E-state index contributed by atoms with van der Waals surface area (Å²) in [7, 11) is 0. The number of carbonyl (C=O) groups excluding carboxylic acids is 2. The van der Waals surface area contributed by atoms with E-state index < -0.39 is 0 Å². The lowest BCUT2D eigenvalue weighted by Crippen LogP contribution is -2.30. The van der Waals surface area contributed by atoms with E-state index in [-0.39, 0.29) is 11.8 Å². The van der Waals surface area contributed by atoms with Gasteiger partial charge in [-0.25, -0.2) is 0 Å². The Morgan fingerprint density at radius 3 is 2.50 bits per heavy atom. The molecule has 22 heavy (non-hydrogen) atoms. The van der Waals surface area contributed by atoms with E-state index in [4.69, 9.17) is 0 Å². The van der Waals surface area contributed by atoms with Crippen LogP contribution in [-0.2, 0) is 9.59 Å². The number of amides is 2. The van der Waals surface area contributed by atoms with Crippen LogP contribution in [0.1, 0.15) is 44.1 Å². The number of nitrogens with one attached hydrogen (secondary N) is 1.